The number of hydrogen-bond acceptors (Lipinski definition) is 7. The summed E-state index contributed by atoms with van der Waals surface area (Å²) in [6, 6.07) is 9.89. The van der Waals surface area contributed by atoms with Crippen molar-refractivity contribution in [1.82, 2.24) is 9.97 Å². The van der Waals surface area contributed by atoms with Gasteiger partial charge in [0.1, 0.15) is 16.8 Å². The molecule has 4 rings (SSSR count). The molecule has 1 aromatic carbocycles. The molecule has 0 saturated heterocycles. The lowest BCUT2D eigenvalue weighted by molar-refractivity contribution is -0.115. The van der Waals surface area contributed by atoms with E-state index in [-0.39, 0.29) is 11.2 Å². The van der Waals surface area contributed by atoms with Crippen LogP contribution in [0.5, 0.6) is 5.75 Å². The van der Waals surface area contributed by atoms with Crippen molar-refractivity contribution in [1.29, 1.82) is 5.26 Å². The highest BCUT2D eigenvalue weighted by Crippen LogP contribution is 2.33. The molecule has 0 saturated carbocycles. The maximum absolute atomic E-state index is 12.9. The van der Waals surface area contributed by atoms with Gasteiger partial charge in [-0.3, -0.25) is 4.79 Å². The molecular formula is C22H22N4O2S2. The van der Waals surface area contributed by atoms with Crippen LogP contribution in [0.25, 0.3) is 10.2 Å². The summed E-state index contributed by atoms with van der Waals surface area (Å²) in [6.07, 6.45) is 3.61. The molecule has 6 nitrogen and oxygen atoms in total. The highest BCUT2D eigenvalue weighted by atomic mass is 32.2. The SMILES string of the molecule is CCOc1ccc2nc(NC(=O)C(CC)Sc3nc4c(cc3C#N)CCC4)sc2c1. The molecule has 1 N–H and O–H groups in total. The zero-order chi connectivity index (χ0) is 21.1. The summed E-state index contributed by atoms with van der Waals surface area (Å²) in [5.41, 5.74) is 3.60. The molecule has 2 aromatic heterocycles. The first-order chi connectivity index (χ1) is 14.6. The molecule has 1 aliphatic carbocycles. The van der Waals surface area contributed by atoms with Crippen molar-refractivity contribution in [3.63, 3.8) is 0 Å². The minimum absolute atomic E-state index is 0.127. The van der Waals surface area contributed by atoms with E-state index in [0.29, 0.717) is 28.7 Å². The third kappa shape index (κ3) is 4.27. The standard InChI is InChI=1S/C22H22N4O2S2/c1-3-18(29-21-14(12-23)10-13-6-5-7-16(13)24-21)20(27)26-22-25-17-9-8-15(28-4-2)11-19(17)30-22/h8-11,18H,3-7H2,1-2H3,(H,25,26,27). The zero-order valence-electron chi connectivity index (χ0n) is 16.9. The highest BCUT2D eigenvalue weighted by molar-refractivity contribution is 8.00. The fourth-order valence-corrected chi connectivity index (χ4v) is 5.37. The van der Waals surface area contributed by atoms with Gasteiger partial charge in [-0.15, -0.1) is 0 Å². The molecule has 0 bridgehead atoms. The number of amides is 1. The monoisotopic (exact) mass is 438 g/mol. The number of aromatic nitrogens is 2. The smallest absolute Gasteiger partial charge is 0.239 e. The van der Waals surface area contributed by atoms with Crippen LogP contribution in [0.1, 0.15) is 43.5 Å². The van der Waals surface area contributed by atoms with Gasteiger partial charge in [-0.1, -0.05) is 30.0 Å². The average Bonchev–Trinajstić information content (AvgIpc) is 3.36. The van der Waals surface area contributed by atoms with E-state index in [2.05, 4.69) is 16.4 Å². The molecule has 0 radical (unpaired) electrons. The second-order valence-electron chi connectivity index (χ2n) is 7.00. The number of carbonyl (C=O) groups excluding carboxylic acids is 1. The summed E-state index contributed by atoms with van der Waals surface area (Å²) in [6.45, 7) is 4.51. The summed E-state index contributed by atoms with van der Waals surface area (Å²) < 4.78 is 6.50. The van der Waals surface area contributed by atoms with Crippen LogP contribution < -0.4 is 10.1 Å². The van der Waals surface area contributed by atoms with Gasteiger partial charge in [-0.2, -0.15) is 5.26 Å². The molecule has 2 heterocycles. The fraction of sp³-hybridized carbons (Fsp3) is 0.364. The van der Waals surface area contributed by atoms with Crippen LogP contribution in [-0.2, 0) is 17.6 Å². The fourth-order valence-electron chi connectivity index (χ4n) is 3.48. The molecule has 30 heavy (non-hydrogen) atoms. The van der Waals surface area contributed by atoms with Gasteiger partial charge in [0.05, 0.1) is 27.6 Å². The maximum atomic E-state index is 12.9. The number of thiazole rings is 1. The van der Waals surface area contributed by atoms with Gasteiger partial charge >= 0.3 is 0 Å². The second-order valence-corrected chi connectivity index (χ2v) is 9.22. The molecule has 8 heteroatoms. The third-order valence-corrected chi connectivity index (χ3v) is 7.25. The number of rotatable bonds is 7. The lowest BCUT2D eigenvalue weighted by Gasteiger charge is -2.14. The number of aryl methyl sites for hydroxylation is 2. The van der Waals surface area contributed by atoms with Gasteiger partial charge < -0.3 is 10.1 Å². The second kappa shape index (κ2) is 9.02. The first kappa shape index (κ1) is 20.6. The Hall–Kier alpha value is -2.63. The minimum Gasteiger partial charge on any atom is -0.494 e. The van der Waals surface area contributed by atoms with Crippen molar-refractivity contribution in [3.8, 4) is 11.8 Å². The Labute approximate surface area is 183 Å². The van der Waals surface area contributed by atoms with E-state index in [4.69, 9.17) is 9.72 Å². The van der Waals surface area contributed by atoms with E-state index in [1.165, 1.54) is 23.1 Å². The Balaban J connectivity index is 1.51. The van der Waals surface area contributed by atoms with Crippen LogP contribution in [0.3, 0.4) is 0 Å². The maximum Gasteiger partial charge on any atom is 0.239 e. The van der Waals surface area contributed by atoms with Gasteiger partial charge in [-0.25, -0.2) is 9.97 Å². The normalized spacial score (nSPS) is 13.6. The van der Waals surface area contributed by atoms with Gasteiger partial charge in [0.25, 0.3) is 0 Å². The lowest BCUT2D eigenvalue weighted by atomic mass is 10.2. The minimum atomic E-state index is -0.352. The number of nitrogens with one attached hydrogen (secondary N) is 1. The number of ether oxygens (including phenoxy) is 1. The molecule has 1 atom stereocenters. The Morgan fingerprint density at radius 1 is 1.33 bits per heavy atom. The predicted octanol–water partition coefficient (Wildman–Crippen LogP) is 4.96. The molecule has 1 aliphatic rings. The van der Waals surface area contributed by atoms with Crippen LogP contribution in [0.15, 0.2) is 29.3 Å². The van der Waals surface area contributed by atoms with Crippen molar-refractivity contribution < 1.29 is 9.53 Å². The number of nitriles is 1. The van der Waals surface area contributed by atoms with E-state index in [0.717, 1.165) is 46.5 Å². The van der Waals surface area contributed by atoms with Gasteiger partial charge in [0, 0.05) is 5.69 Å². The Kier molecular flexibility index (Phi) is 6.21. The first-order valence-corrected chi connectivity index (χ1v) is 11.7. The Morgan fingerprint density at radius 2 is 2.20 bits per heavy atom. The quantitative estimate of drug-likeness (QED) is 0.525. The summed E-state index contributed by atoms with van der Waals surface area (Å²) >= 11 is 2.78. The first-order valence-electron chi connectivity index (χ1n) is 10.0. The number of pyridine rings is 1. The number of carbonyl (C=O) groups is 1. The Morgan fingerprint density at radius 3 is 2.97 bits per heavy atom. The van der Waals surface area contributed by atoms with E-state index < -0.39 is 0 Å². The van der Waals surface area contributed by atoms with Crippen LogP contribution in [-0.4, -0.2) is 27.7 Å². The molecule has 3 aromatic rings. The molecule has 154 valence electrons. The summed E-state index contributed by atoms with van der Waals surface area (Å²) in [4.78, 5) is 22.1. The van der Waals surface area contributed by atoms with Gasteiger partial charge in [0.2, 0.25) is 5.91 Å². The lowest BCUT2D eigenvalue weighted by Crippen LogP contribution is -2.24. The largest absolute Gasteiger partial charge is 0.494 e. The van der Waals surface area contributed by atoms with Crippen molar-refractivity contribution in [2.75, 3.05) is 11.9 Å². The topological polar surface area (TPSA) is 87.9 Å². The molecule has 0 aliphatic heterocycles. The van der Waals surface area contributed by atoms with E-state index >= 15 is 0 Å². The van der Waals surface area contributed by atoms with Crippen molar-refractivity contribution in [2.45, 2.75) is 49.8 Å². The van der Waals surface area contributed by atoms with E-state index in [1.54, 1.807) is 0 Å². The molecule has 0 spiro atoms. The van der Waals surface area contributed by atoms with Crippen molar-refractivity contribution in [3.05, 3.63) is 41.1 Å². The van der Waals surface area contributed by atoms with E-state index in [9.17, 15) is 10.1 Å². The number of anilines is 1. The van der Waals surface area contributed by atoms with Gasteiger partial charge in [0.15, 0.2) is 5.13 Å². The molecular weight excluding hydrogens is 416 g/mol. The molecule has 0 fully saturated rings. The van der Waals surface area contributed by atoms with Crippen molar-refractivity contribution >= 4 is 44.4 Å². The van der Waals surface area contributed by atoms with Crippen LogP contribution in [0, 0.1) is 11.3 Å². The van der Waals surface area contributed by atoms with Crippen LogP contribution in [0.2, 0.25) is 0 Å². The van der Waals surface area contributed by atoms with Crippen LogP contribution in [0.4, 0.5) is 5.13 Å². The average molecular weight is 439 g/mol. The molecule has 1 unspecified atom stereocenters. The van der Waals surface area contributed by atoms with E-state index in [1.807, 2.05) is 38.1 Å². The predicted molar refractivity (Wildman–Crippen MR) is 120 cm³/mol. The summed E-state index contributed by atoms with van der Waals surface area (Å²) in [5.74, 6) is 0.665. The summed E-state index contributed by atoms with van der Waals surface area (Å²) in [5, 5.41) is 13.3. The number of benzene rings is 1. The number of thioether (sulfide) groups is 1. The summed E-state index contributed by atoms with van der Waals surface area (Å²) in [7, 11) is 0. The van der Waals surface area contributed by atoms with Crippen molar-refractivity contribution in [2.24, 2.45) is 0 Å². The zero-order valence-corrected chi connectivity index (χ0v) is 18.5. The molecule has 1 amide bonds. The van der Waals surface area contributed by atoms with Gasteiger partial charge in [-0.05, 0) is 62.4 Å². The van der Waals surface area contributed by atoms with Crippen LogP contribution >= 0.6 is 23.1 Å². The Bertz CT molecular complexity index is 1140. The third-order valence-electron chi connectivity index (χ3n) is 4.95. The highest BCUT2D eigenvalue weighted by Gasteiger charge is 2.24. The number of nitrogens with zero attached hydrogens (tertiary/aromatic N) is 3. The number of fused-ring (bicyclic) bond motifs is 2. The number of hydrogen-bond donors (Lipinski definition) is 1.